The van der Waals surface area contributed by atoms with Crippen LogP contribution in [0.15, 0.2) is 158 Å². The number of hydrogen-bond acceptors (Lipinski definition) is 7. The molecule has 8 rings (SSSR count). The predicted octanol–water partition coefficient (Wildman–Crippen LogP) is 7.38. The van der Waals surface area contributed by atoms with E-state index in [1.54, 1.807) is 50.9 Å². The van der Waals surface area contributed by atoms with E-state index in [1.165, 1.54) is 119 Å². The van der Waals surface area contributed by atoms with E-state index in [9.17, 15) is 41.8 Å². The Bertz CT molecular complexity index is 2990. The number of hydrogen-bond donors (Lipinski definition) is 4. The largest absolute Gasteiger partial charge is 0.480 e. The Morgan fingerprint density at radius 1 is 0.559 bits per heavy atom. The molecule has 68 heavy (non-hydrogen) atoms. The fourth-order valence-corrected chi connectivity index (χ4v) is 7.75. The van der Waals surface area contributed by atoms with E-state index in [1.807, 2.05) is 23.7 Å². The summed E-state index contributed by atoms with van der Waals surface area (Å²) < 4.78 is 60.9. The van der Waals surface area contributed by atoms with Crippen molar-refractivity contribution in [3.8, 4) is 11.3 Å². The van der Waals surface area contributed by atoms with Crippen molar-refractivity contribution in [3.63, 3.8) is 0 Å². The Morgan fingerprint density at radius 3 is 1.32 bits per heavy atom. The van der Waals surface area contributed by atoms with Crippen LogP contribution in [-0.2, 0) is 30.7 Å². The summed E-state index contributed by atoms with van der Waals surface area (Å²) in [5, 5.41) is 25.8. The van der Waals surface area contributed by atoms with Crippen LogP contribution in [0.4, 0.5) is 23.2 Å². The standard InChI is InChI=1S/C30H26F2N6O2.C20H17F2N3O3/c1-37-18-33-17-26(37)19-9-11-24(12-10-19)35-30(40)28(36-29(39)25-13-14-34-38(25)2)27(20-5-3-7-22(31)15-20)21-6-4-8-23(32)16-21;1-25-16(8-9-23-25)19(26)24-18(20(27)28)17(12-4-2-6-14(21)10-12)13-5-3-7-15(22)11-13/h3-18,27-28H,1-2H3,(H,35,40)(H,36,39);2-11,17-18H,1H3,(H,24,26)(H,27,28). The van der Waals surface area contributed by atoms with Gasteiger partial charge in [-0.05, 0) is 101 Å². The molecule has 0 bridgehead atoms. The first-order valence-corrected chi connectivity index (χ1v) is 20.9. The molecule has 346 valence electrons. The van der Waals surface area contributed by atoms with Gasteiger partial charge < -0.3 is 25.6 Å². The molecule has 0 radical (unpaired) electrons. The summed E-state index contributed by atoms with van der Waals surface area (Å²) >= 11 is 0. The number of carboxylic acid groups (broad SMARTS) is 1. The second-order valence-electron chi connectivity index (χ2n) is 15.6. The zero-order chi connectivity index (χ0) is 48.5. The van der Waals surface area contributed by atoms with Crippen LogP contribution in [0.3, 0.4) is 0 Å². The van der Waals surface area contributed by atoms with Crippen LogP contribution in [-0.4, -0.2) is 70.0 Å². The summed E-state index contributed by atoms with van der Waals surface area (Å²) in [5.41, 5.74) is 4.02. The van der Waals surface area contributed by atoms with E-state index >= 15 is 0 Å². The van der Waals surface area contributed by atoms with Crippen molar-refractivity contribution >= 4 is 29.4 Å². The molecule has 0 saturated heterocycles. The van der Waals surface area contributed by atoms with Gasteiger partial charge >= 0.3 is 5.97 Å². The first-order chi connectivity index (χ1) is 32.7. The number of rotatable bonds is 14. The molecule has 0 aliphatic heterocycles. The molecule has 0 fully saturated rings. The summed E-state index contributed by atoms with van der Waals surface area (Å²) in [5.74, 6) is -7.25. The van der Waals surface area contributed by atoms with E-state index in [4.69, 9.17) is 0 Å². The number of aliphatic carboxylic acids is 1. The van der Waals surface area contributed by atoms with Gasteiger partial charge in [0.25, 0.3) is 11.8 Å². The molecule has 3 amide bonds. The molecule has 0 spiro atoms. The Hall–Kier alpha value is -8.67. The Balaban J connectivity index is 0.000000215. The molecule has 2 unspecified atom stereocenters. The Kier molecular flexibility index (Phi) is 14.7. The number of aromatic nitrogens is 6. The highest BCUT2D eigenvalue weighted by Crippen LogP contribution is 2.32. The average Bonchev–Trinajstić information content (AvgIpc) is 4.07. The first kappa shape index (κ1) is 47.3. The zero-order valence-corrected chi connectivity index (χ0v) is 36.6. The molecular formula is C50H43F4N9O5. The lowest BCUT2D eigenvalue weighted by molar-refractivity contribution is -0.139. The number of carboxylic acids is 1. The van der Waals surface area contributed by atoms with Gasteiger partial charge in [0.1, 0.15) is 46.7 Å². The molecular weight excluding hydrogens is 883 g/mol. The number of nitrogens with zero attached hydrogens (tertiary/aromatic N) is 6. The topological polar surface area (TPSA) is 178 Å². The highest BCUT2D eigenvalue weighted by molar-refractivity contribution is 6.01. The third-order valence-corrected chi connectivity index (χ3v) is 11.0. The molecule has 0 aliphatic carbocycles. The van der Waals surface area contributed by atoms with Crippen LogP contribution in [0.25, 0.3) is 11.3 Å². The maximum atomic E-state index is 14.4. The van der Waals surface area contributed by atoms with Crippen molar-refractivity contribution < 1.29 is 41.8 Å². The van der Waals surface area contributed by atoms with Gasteiger partial charge in [0.05, 0.1) is 18.2 Å². The number of carbonyl (C=O) groups excluding carboxylic acids is 3. The number of imidazole rings is 1. The number of carbonyl (C=O) groups is 4. The number of nitrogens with one attached hydrogen (secondary N) is 3. The monoisotopic (exact) mass is 925 g/mol. The average molecular weight is 926 g/mol. The van der Waals surface area contributed by atoms with Crippen molar-refractivity contribution in [2.24, 2.45) is 21.1 Å². The molecule has 8 aromatic rings. The van der Waals surface area contributed by atoms with Crippen molar-refractivity contribution in [2.45, 2.75) is 23.9 Å². The second kappa shape index (κ2) is 21.1. The summed E-state index contributed by atoms with van der Waals surface area (Å²) in [6.07, 6.45) is 6.30. The van der Waals surface area contributed by atoms with Crippen LogP contribution in [0.2, 0.25) is 0 Å². The van der Waals surface area contributed by atoms with E-state index in [0.717, 1.165) is 11.3 Å². The van der Waals surface area contributed by atoms with Crippen LogP contribution in [0.5, 0.6) is 0 Å². The summed E-state index contributed by atoms with van der Waals surface area (Å²) in [6, 6.07) is 29.5. The van der Waals surface area contributed by atoms with Crippen molar-refractivity contribution in [1.29, 1.82) is 0 Å². The van der Waals surface area contributed by atoms with Crippen LogP contribution < -0.4 is 16.0 Å². The maximum Gasteiger partial charge on any atom is 0.327 e. The number of benzene rings is 5. The highest BCUT2D eigenvalue weighted by atomic mass is 19.1. The van der Waals surface area contributed by atoms with Gasteiger partial charge in [-0.25, -0.2) is 27.3 Å². The van der Waals surface area contributed by atoms with Crippen molar-refractivity contribution in [3.05, 3.63) is 215 Å². The third-order valence-electron chi connectivity index (χ3n) is 11.0. The number of halogens is 4. The summed E-state index contributed by atoms with van der Waals surface area (Å²) in [7, 11) is 5.03. The van der Waals surface area contributed by atoms with Gasteiger partial charge in [-0.2, -0.15) is 10.2 Å². The minimum absolute atomic E-state index is 0.156. The molecule has 5 aromatic carbocycles. The third kappa shape index (κ3) is 11.2. The van der Waals surface area contributed by atoms with E-state index < -0.39 is 70.9 Å². The predicted molar refractivity (Wildman–Crippen MR) is 243 cm³/mol. The SMILES string of the molecule is Cn1cncc1-c1ccc(NC(=O)C(NC(=O)c2ccnn2C)C(c2cccc(F)c2)c2cccc(F)c2)cc1.Cn1nccc1C(=O)NC(C(=O)O)C(c1cccc(F)c1)c1cccc(F)c1. The first-order valence-electron chi connectivity index (χ1n) is 20.9. The van der Waals surface area contributed by atoms with Gasteiger partial charge in [-0.1, -0.05) is 60.7 Å². The number of anilines is 1. The van der Waals surface area contributed by atoms with E-state index in [0.29, 0.717) is 27.9 Å². The van der Waals surface area contributed by atoms with Crippen LogP contribution in [0, 0.1) is 23.3 Å². The van der Waals surface area contributed by atoms with Gasteiger partial charge in [-0.3, -0.25) is 23.7 Å². The smallest absolute Gasteiger partial charge is 0.327 e. The van der Waals surface area contributed by atoms with Gasteiger partial charge in [0.15, 0.2) is 0 Å². The molecule has 2 atom stereocenters. The lowest BCUT2D eigenvalue weighted by atomic mass is 9.84. The van der Waals surface area contributed by atoms with Gasteiger partial charge in [0.2, 0.25) is 5.91 Å². The molecule has 14 nitrogen and oxygen atoms in total. The summed E-state index contributed by atoms with van der Waals surface area (Å²) in [6.45, 7) is 0. The molecule has 18 heteroatoms. The molecule has 3 heterocycles. The lowest BCUT2D eigenvalue weighted by Crippen LogP contribution is -2.48. The highest BCUT2D eigenvalue weighted by Gasteiger charge is 2.35. The van der Waals surface area contributed by atoms with E-state index in [-0.39, 0.29) is 11.4 Å². The fraction of sp³-hybridized carbons (Fsp3) is 0.140. The Morgan fingerprint density at radius 2 is 0.971 bits per heavy atom. The van der Waals surface area contributed by atoms with E-state index in [2.05, 4.69) is 31.1 Å². The maximum absolute atomic E-state index is 14.4. The Labute approximate surface area is 386 Å². The van der Waals surface area contributed by atoms with Crippen molar-refractivity contribution in [2.75, 3.05) is 5.32 Å². The lowest BCUT2D eigenvalue weighted by Gasteiger charge is -2.28. The molecule has 0 saturated carbocycles. The second-order valence-corrected chi connectivity index (χ2v) is 15.6. The number of aryl methyl sites for hydroxylation is 3. The quantitative estimate of drug-likeness (QED) is 0.0817. The zero-order valence-electron chi connectivity index (χ0n) is 36.6. The normalized spacial score (nSPS) is 11.9. The fourth-order valence-electron chi connectivity index (χ4n) is 7.75. The van der Waals surface area contributed by atoms with Crippen LogP contribution in [0.1, 0.15) is 55.1 Å². The minimum Gasteiger partial charge on any atom is -0.480 e. The molecule has 4 N–H and O–H groups in total. The number of amides is 3. The molecule has 3 aromatic heterocycles. The summed E-state index contributed by atoms with van der Waals surface area (Å²) in [4.78, 5) is 55.9. The van der Waals surface area contributed by atoms with Gasteiger partial charge in [0, 0.05) is 51.1 Å². The molecule has 0 aliphatic rings. The van der Waals surface area contributed by atoms with Gasteiger partial charge in [-0.15, -0.1) is 0 Å². The van der Waals surface area contributed by atoms with Crippen molar-refractivity contribution in [1.82, 2.24) is 39.7 Å². The minimum atomic E-state index is -1.47. The van der Waals surface area contributed by atoms with Crippen LogP contribution >= 0.6 is 0 Å².